The Hall–Kier alpha value is -1.61. The molecule has 0 aliphatic heterocycles. The first-order valence-corrected chi connectivity index (χ1v) is 4.98. The molecule has 0 spiro atoms. The van der Waals surface area contributed by atoms with Crippen molar-refractivity contribution < 1.29 is 5.11 Å². The Kier molecular flexibility index (Phi) is 2.83. The summed E-state index contributed by atoms with van der Waals surface area (Å²) < 4.78 is 0. The second-order valence-electron chi connectivity index (χ2n) is 3.69. The summed E-state index contributed by atoms with van der Waals surface area (Å²) in [6, 6.07) is 7.91. The third kappa shape index (κ3) is 2.44. The van der Waals surface area contributed by atoms with Crippen molar-refractivity contribution in [1.82, 2.24) is 9.97 Å². The van der Waals surface area contributed by atoms with E-state index in [1.54, 1.807) is 12.5 Å². The van der Waals surface area contributed by atoms with Gasteiger partial charge in [-0.3, -0.25) is 0 Å². The number of aromatic nitrogens is 2. The maximum atomic E-state index is 9.93. The monoisotopic (exact) mass is 202 g/mol. The third-order valence-electron chi connectivity index (χ3n) is 2.42. The van der Waals surface area contributed by atoms with E-state index in [4.69, 9.17) is 0 Å². The second-order valence-corrected chi connectivity index (χ2v) is 3.69. The maximum Gasteiger partial charge on any atom is 0.0923 e. The molecule has 1 aromatic carbocycles. The van der Waals surface area contributed by atoms with E-state index >= 15 is 0 Å². The maximum absolute atomic E-state index is 9.93. The highest BCUT2D eigenvalue weighted by molar-refractivity contribution is 5.23. The number of imidazole rings is 1. The molecule has 78 valence electrons. The molecule has 1 atom stereocenters. The van der Waals surface area contributed by atoms with Gasteiger partial charge in [0.05, 0.1) is 18.1 Å². The van der Waals surface area contributed by atoms with E-state index in [2.05, 4.69) is 9.97 Å². The number of aromatic amines is 1. The average Bonchev–Trinajstić information content (AvgIpc) is 2.71. The molecule has 0 saturated carbocycles. The van der Waals surface area contributed by atoms with E-state index < -0.39 is 6.10 Å². The number of rotatable bonds is 3. The van der Waals surface area contributed by atoms with Crippen LogP contribution in [-0.2, 0) is 6.42 Å². The first kappa shape index (κ1) is 9.93. The standard InChI is InChI=1S/C12H14N2O/c1-9-2-4-10(5-3-9)12(15)6-11-7-13-8-14-11/h2-5,7-8,12,15H,6H2,1H3,(H,13,14). The highest BCUT2D eigenvalue weighted by Crippen LogP contribution is 2.17. The minimum atomic E-state index is -0.478. The Bertz CT molecular complexity index is 406. The number of hydrogen-bond acceptors (Lipinski definition) is 2. The van der Waals surface area contributed by atoms with Crippen molar-refractivity contribution >= 4 is 0 Å². The van der Waals surface area contributed by atoms with E-state index in [0.29, 0.717) is 6.42 Å². The van der Waals surface area contributed by atoms with Crippen LogP contribution in [0, 0.1) is 6.92 Å². The molecule has 1 unspecified atom stereocenters. The predicted molar refractivity (Wildman–Crippen MR) is 58.4 cm³/mol. The van der Waals surface area contributed by atoms with Gasteiger partial charge in [-0.2, -0.15) is 0 Å². The predicted octanol–water partition coefficient (Wildman–Crippen LogP) is 1.99. The SMILES string of the molecule is Cc1ccc(C(O)Cc2c[nH]cn2)cc1. The molecule has 2 N–H and O–H groups in total. The molecular formula is C12H14N2O. The van der Waals surface area contributed by atoms with Crippen LogP contribution in [0.1, 0.15) is 22.9 Å². The summed E-state index contributed by atoms with van der Waals surface area (Å²) in [7, 11) is 0. The number of H-pyrrole nitrogens is 1. The topological polar surface area (TPSA) is 48.9 Å². The lowest BCUT2D eigenvalue weighted by atomic mass is 10.0. The number of aliphatic hydroxyl groups is 1. The molecule has 0 saturated heterocycles. The van der Waals surface area contributed by atoms with Gasteiger partial charge in [0.1, 0.15) is 0 Å². The van der Waals surface area contributed by atoms with Crippen molar-refractivity contribution in [2.45, 2.75) is 19.4 Å². The molecule has 0 fully saturated rings. The van der Waals surface area contributed by atoms with Crippen molar-refractivity contribution in [1.29, 1.82) is 0 Å². The Morgan fingerprint density at radius 1 is 1.33 bits per heavy atom. The average molecular weight is 202 g/mol. The number of benzene rings is 1. The van der Waals surface area contributed by atoms with E-state index in [9.17, 15) is 5.11 Å². The normalized spacial score (nSPS) is 12.7. The van der Waals surface area contributed by atoms with Crippen LogP contribution in [0.25, 0.3) is 0 Å². The largest absolute Gasteiger partial charge is 0.388 e. The molecule has 0 bridgehead atoms. The molecule has 1 aromatic heterocycles. The zero-order chi connectivity index (χ0) is 10.7. The van der Waals surface area contributed by atoms with E-state index in [-0.39, 0.29) is 0 Å². The summed E-state index contributed by atoms with van der Waals surface area (Å²) in [5.41, 5.74) is 3.01. The van der Waals surface area contributed by atoms with Crippen LogP contribution in [0.3, 0.4) is 0 Å². The molecule has 3 nitrogen and oxygen atoms in total. The van der Waals surface area contributed by atoms with Gasteiger partial charge in [0.2, 0.25) is 0 Å². The van der Waals surface area contributed by atoms with Gasteiger partial charge < -0.3 is 10.1 Å². The van der Waals surface area contributed by atoms with E-state index in [0.717, 1.165) is 11.3 Å². The first-order chi connectivity index (χ1) is 7.25. The zero-order valence-corrected chi connectivity index (χ0v) is 8.64. The number of hydrogen-bond donors (Lipinski definition) is 2. The van der Waals surface area contributed by atoms with Crippen molar-refractivity contribution in [2.75, 3.05) is 0 Å². The highest BCUT2D eigenvalue weighted by Gasteiger charge is 2.08. The Morgan fingerprint density at radius 3 is 2.67 bits per heavy atom. The second kappa shape index (κ2) is 4.28. The van der Waals surface area contributed by atoms with Crippen molar-refractivity contribution in [3.05, 3.63) is 53.6 Å². The lowest BCUT2D eigenvalue weighted by molar-refractivity contribution is 0.177. The molecule has 15 heavy (non-hydrogen) atoms. The van der Waals surface area contributed by atoms with Crippen LogP contribution >= 0.6 is 0 Å². The van der Waals surface area contributed by atoms with Gasteiger partial charge in [-0.05, 0) is 12.5 Å². The summed E-state index contributed by atoms with van der Waals surface area (Å²) in [4.78, 5) is 6.96. The van der Waals surface area contributed by atoms with Crippen LogP contribution in [0.15, 0.2) is 36.8 Å². The zero-order valence-electron chi connectivity index (χ0n) is 8.64. The van der Waals surface area contributed by atoms with Crippen LogP contribution in [0.5, 0.6) is 0 Å². The van der Waals surface area contributed by atoms with Gasteiger partial charge in [-0.15, -0.1) is 0 Å². The van der Waals surface area contributed by atoms with Crippen molar-refractivity contribution in [3.8, 4) is 0 Å². The molecule has 0 aliphatic rings. The Morgan fingerprint density at radius 2 is 2.07 bits per heavy atom. The van der Waals surface area contributed by atoms with Crippen molar-refractivity contribution in [3.63, 3.8) is 0 Å². The number of aliphatic hydroxyl groups excluding tert-OH is 1. The summed E-state index contributed by atoms with van der Waals surface area (Å²) in [6.07, 6.45) is 3.50. The lowest BCUT2D eigenvalue weighted by Gasteiger charge is -2.09. The van der Waals surface area contributed by atoms with E-state index in [1.165, 1.54) is 5.56 Å². The minimum absolute atomic E-state index is 0.478. The fourth-order valence-electron chi connectivity index (χ4n) is 1.51. The summed E-state index contributed by atoms with van der Waals surface area (Å²) in [5.74, 6) is 0. The fourth-order valence-corrected chi connectivity index (χ4v) is 1.51. The minimum Gasteiger partial charge on any atom is -0.388 e. The van der Waals surface area contributed by atoms with Gasteiger partial charge in [-0.1, -0.05) is 29.8 Å². The molecule has 2 rings (SSSR count). The summed E-state index contributed by atoms with van der Waals surface area (Å²) in [5, 5.41) is 9.93. The first-order valence-electron chi connectivity index (χ1n) is 4.98. The van der Waals surface area contributed by atoms with Crippen LogP contribution < -0.4 is 0 Å². The van der Waals surface area contributed by atoms with Gasteiger partial charge in [0.15, 0.2) is 0 Å². The summed E-state index contributed by atoms with van der Waals surface area (Å²) >= 11 is 0. The van der Waals surface area contributed by atoms with Gasteiger partial charge >= 0.3 is 0 Å². The molecule has 0 aliphatic carbocycles. The number of nitrogens with zero attached hydrogens (tertiary/aromatic N) is 1. The number of aryl methyl sites for hydroxylation is 1. The lowest BCUT2D eigenvalue weighted by Crippen LogP contribution is -2.01. The van der Waals surface area contributed by atoms with Crippen LogP contribution in [0.2, 0.25) is 0 Å². The quantitative estimate of drug-likeness (QED) is 0.799. The summed E-state index contributed by atoms with van der Waals surface area (Å²) in [6.45, 7) is 2.03. The van der Waals surface area contributed by atoms with Gasteiger partial charge in [0, 0.05) is 12.6 Å². The highest BCUT2D eigenvalue weighted by atomic mass is 16.3. The molecule has 0 amide bonds. The molecule has 3 heteroatoms. The molecule has 0 radical (unpaired) electrons. The molecular weight excluding hydrogens is 188 g/mol. The van der Waals surface area contributed by atoms with Crippen LogP contribution in [-0.4, -0.2) is 15.1 Å². The third-order valence-corrected chi connectivity index (χ3v) is 2.42. The Balaban J connectivity index is 2.08. The van der Waals surface area contributed by atoms with Crippen LogP contribution in [0.4, 0.5) is 0 Å². The van der Waals surface area contributed by atoms with Gasteiger partial charge in [-0.25, -0.2) is 4.98 Å². The molecule has 1 heterocycles. The van der Waals surface area contributed by atoms with Gasteiger partial charge in [0.25, 0.3) is 0 Å². The van der Waals surface area contributed by atoms with E-state index in [1.807, 2.05) is 31.2 Å². The Labute approximate surface area is 88.8 Å². The number of nitrogens with one attached hydrogen (secondary N) is 1. The smallest absolute Gasteiger partial charge is 0.0923 e. The fraction of sp³-hybridized carbons (Fsp3) is 0.250. The molecule has 2 aromatic rings. The van der Waals surface area contributed by atoms with Crippen molar-refractivity contribution in [2.24, 2.45) is 0 Å².